The van der Waals surface area contributed by atoms with Crippen molar-refractivity contribution in [2.75, 3.05) is 4.72 Å². The molecule has 3 aromatic rings. The van der Waals surface area contributed by atoms with Gasteiger partial charge in [-0.3, -0.25) is 4.72 Å². The number of halogens is 1. The Balaban J connectivity index is 2.05. The number of para-hydroxylation sites is 1. The molecule has 3 rings (SSSR count). The van der Waals surface area contributed by atoms with Crippen molar-refractivity contribution in [3.8, 4) is 0 Å². The van der Waals surface area contributed by atoms with Crippen LogP contribution in [-0.2, 0) is 10.0 Å². The molecule has 1 N–H and O–H groups in total. The molecule has 0 radical (unpaired) electrons. The lowest BCUT2D eigenvalue weighted by Gasteiger charge is -2.09. The minimum atomic E-state index is -3.95. The van der Waals surface area contributed by atoms with E-state index >= 15 is 0 Å². The van der Waals surface area contributed by atoms with Crippen molar-refractivity contribution >= 4 is 33.1 Å². The predicted molar refractivity (Wildman–Crippen MR) is 82.5 cm³/mol. The maximum absolute atomic E-state index is 12.4. The first kappa shape index (κ1) is 14.7. The highest BCUT2D eigenvalue weighted by Gasteiger charge is 2.22. The Kier molecular flexibility index (Phi) is 3.50. The van der Waals surface area contributed by atoms with E-state index in [9.17, 15) is 8.42 Å². The predicted octanol–water partition coefficient (Wildman–Crippen LogP) is 2.20. The number of fused-ring (bicyclic) bond motifs is 1. The van der Waals surface area contributed by atoms with Gasteiger partial charge in [0.05, 0.1) is 10.7 Å². The first-order valence-electron chi connectivity index (χ1n) is 6.34. The van der Waals surface area contributed by atoms with E-state index in [1.807, 2.05) is 6.92 Å². The van der Waals surface area contributed by atoms with E-state index in [2.05, 4.69) is 19.8 Å². The lowest BCUT2D eigenvalue weighted by atomic mass is 10.2. The average Bonchev–Trinajstić information content (AvgIpc) is 2.87. The summed E-state index contributed by atoms with van der Waals surface area (Å²) in [6.07, 6.45) is 3.24. The fourth-order valence-corrected chi connectivity index (χ4v) is 3.26. The number of sulfonamides is 1. The smallest absolute Gasteiger partial charge is 0.275 e. The Bertz CT molecular complexity index is 947. The zero-order valence-corrected chi connectivity index (χ0v) is 13.4. The van der Waals surface area contributed by atoms with Gasteiger partial charge in [0.25, 0.3) is 21.0 Å². The van der Waals surface area contributed by atoms with E-state index in [1.165, 1.54) is 4.52 Å². The molecule has 2 aromatic heterocycles. The van der Waals surface area contributed by atoms with Gasteiger partial charge in [0, 0.05) is 12.4 Å². The van der Waals surface area contributed by atoms with Crippen molar-refractivity contribution in [1.82, 2.24) is 19.6 Å². The number of nitrogens with one attached hydrogen (secondary N) is 1. The molecule has 1 aromatic carbocycles. The van der Waals surface area contributed by atoms with Crippen LogP contribution in [0, 0.1) is 13.8 Å². The lowest BCUT2D eigenvalue weighted by Crippen LogP contribution is -2.15. The second-order valence-electron chi connectivity index (χ2n) is 4.81. The Morgan fingerprint density at radius 2 is 2.05 bits per heavy atom. The maximum atomic E-state index is 12.4. The SMILES string of the molecule is Cc1cnc2nc(S(=O)(=O)Nc3c(C)cccc3Cl)nn2c1. The molecule has 2 heterocycles. The van der Waals surface area contributed by atoms with Crippen LogP contribution >= 0.6 is 11.6 Å². The van der Waals surface area contributed by atoms with Crippen LogP contribution in [0.5, 0.6) is 0 Å². The summed E-state index contributed by atoms with van der Waals surface area (Å²) >= 11 is 6.04. The number of benzene rings is 1. The molecule has 0 amide bonds. The molecule has 0 saturated heterocycles. The third-order valence-corrected chi connectivity index (χ3v) is 4.44. The molecular weight excluding hydrogens is 326 g/mol. The molecule has 0 aliphatic rings. The average molecular weight is 338 g/mol. The van der Waals surface area contributed by atoms with E-state index in [0.717, 1.165) is 5.56 Å². The fraction of sp³-hybridized carbons (Fsp3) is 0.154. The summed E-state index contributed by atoms with van der Waals surface area (Å²) < 4.78 is 28.6. The summed E-state index contributed by atoms with van der Waals surface area (Å²) in [5.74, 6) is 0.210. The second-order valence-corrected chi connectivity index (χ2v) is 6.79. The van der Waals surface area contributed by atoms with Gasteiger partial charge >= 0.3 is 0 Å². The van der Waals surface area contributed by atoms with Gasteiger partial charge in [-0.15, -0.1) is 5.10 Å². The minimum Gasteiger partial charge on any atom is -0.275 e. The largest absolute Gasteiger partial charge is 0.299 e. The summed E-state index contributed by atoms with van der Waals surface area (Å²) in [4.78, 5) is 7.96. The Morgan fingerprint density at radius 1 is 1.27 bits per heavy atom. The van der Waals surface area contributed by atoms with Gasteiger partial charge in [-0.25, -0.2) is 9.50 Å². The number of nitrogens with zero attached hydrogens (tertiary/aromatic N) is 4. The van der Waals surface area contributed by atoms with Crippen LogP contribution in [0.3, 0.4) is 0 Å². The summed E-state index contributed by atoms with van der Waals surface area (Å²) in [6.45, 7) is 3.58. The molecule has 0 unspecified atom stereocenters. The summed E-state index contributed by atoms with van der Waals surface area (Å²) in [7, 11) is -3.95. The van der Waals surface area contributed by atoms with Crippen molar-refractivity contribution in [3.63, 3.8) is 0 Å². The Labute approximate surface area is 132 Å². The second kappa shape index (κ2) is 5.22. The third kappa shape index (κ3) is 2.62. The highest BCUT2D eigenvalue weighted by Crippen LogP contribution is 2.27. The van der Waals surface area contributed by atoms with Crippen LogP contribution in [0.25, 0.3) is 5.78 Å². The Morgan fingerprint density at radius 3 is 2.77 bits per heavy atom. The van der Waals surface area contributed by atoms with Crippen LogP contribution in [0.2, 0.25) is 5.02 Å². The maximum Gasteiger partial charge on any atom is 0.299 e. The third-order valence-electron chi connectivity index (χ3n) is 3.00. The van der Waals surface area contributed by atoms with E-state index in [1.54, 1.807) is 37.5 Å². The normalized spacial score (nSPS) is 11.8. The zero-order chi connectivity index (χ0) is 15.9. The number of aryl methyl sites for hydroxylation is 2. The standard InChI is InChI=1S/C13H12ClN5O2S/c1-8-6-15-12-16-13(17-19(12)7-8)22(20,21)18-11-9(2)4-3-5-10(11)14/h3-7,18H,1-2H3. The topological polar surface area (TPSA) is 89.2 Å². The summed E-state index contributed by atoms with van der Waals surface area (Å²) in [5.41, 5.74) is 1.86. The van der Waals surface area contributed by atoms with E-state index in [4.69, 9.17) is 11.6 Å². The Hall–Kier alpha value is -2.19. The number of rotatable bonds is 3. The quantitative estimate of drug-likeness (QED) is 0.791. The van der Waals surface area contributed by atoms with E-state index in [-0.39, 0.29) is 10.9 Å². The van der Waals surface area contributed by atoms with Crippen LogP contribution in [0.15, 0.2) is 35.7 Å². The molecule has 0 spiro atoms. The highest BCUT2D eigenvalue weighted by molar-refractivity contribution is 7.92. The van der Waals surface area contributed by atoms with Crippen molar-refractivity contribution < 1.29 is 8.42 Å². The van der Waals surface area contributed by atoms with Crippen molar-refractivity contribution in [2.45, 2.75) is 19.0 Å². The molecule has 0 fully saturated rings. The lowest BCUT2D eigenvalue weighted by molar-refractivity contribution is 0.592. The number of hydrogen-bond acceptors (Lipinski definition) is 5. The van der Waals surface area contributed by atoms with Gasteiger partial charge in [0.2, 0.25) is 0 Å². The molecule has 0 bridgehead atoms. The summed E-state index contributed by atoms with van der Waals surface area (Å²) in [6, 6.07) is 5.10. The molecule has 22 heavy (non-hydrogen) atoms. The van der Waals surface area contributed by atoms with Crippen LogP contribution in [0.4, 0.5) is 5.69 Å². The molecule has 9 heteroatoms. The van der Waals surface area contributed by atoms with E-state index in [0.29, 0.717) is 16.3 Å². The van der Waals surface area contributed by atoms with Gasteiger partial charge in [-0.1, -0.05) is 23.7 Å². The van der Waals surface area contributed by atoms with Crippen LogP contribution in [-0.4, -0.2) is 28.0 Å². The highest BCUT2D eigenvalue weighted by atomic mass is 35.5. The molecule has 0 atom stereocenters. The molecule has 0 aliphatic heterocycles. The van der Waals surface area contributed by atoms with Gasteiger partial charge < -0.3 is 0 Å². The van der Waals surface area contributed by atoms with Gasteiger partial charge in [-0.05, 0) is 31.0 Å². The first-order chi connectivity index (χ1) is 10.4. The van der Waals surface area contributed by atoms with Crippen molar-refractivity contribution in [2.24, 2.45) is 0 Å². The molecule has 7 nitrogen and oxygen atoms in total. The number of anilines is 1. The van der Waals surface area contributed by atoms with Gasteiger partial charge in [-0.2, -0.15) is 13.4 Å². The monoisotopic (exact) mass is 337 g/mol. The van der Waals surface area contributed by atoms with E-state index < -0.39 is 10.0 Å². The van der Waals surface area contributed by atoms with Gasteiger partial charge in [0.1, 0.15) is 0 Å². The first-order valence-corrected chi connectivity index (χ1v) is 8.20. The van der Waals surface area contributed by atoms with Crippen LogP contribution < -0.4 is 4.72 Å². The zero-order valence-electron chi connectivity index (χ0n) is 11.8. The molecule has 0 aliphatic carbocycles. The minimum absolute atomic E-state index is 0.210. The van der Waals surface area contributed by atoms with Crippen molar-refractivity contribution in [3.05, 3.63) is 46.7 Å². The number of hydrogen-bond donors (Lipinski definition) is 1. The number of aromatic nitrogens is 4. The molecular formula is C13H12ClN5O2S. The fourth-order valence-electron chi connectivity index (χ4n) is 1.91. The summed E-state index contributed by atoms with van der Waals surface area (Å²) in [5, 5.41) is 3.90. The van der Waals surface area contributed by atoms with Crippen molar-refractivity contribution in [1.29, 1.82) is 0 Å². The molecule has 114 valence electrons. The van der Waals surface area contributed by atoms with Gasteiger partial charge in [0.15, 0.2) is 0 Å². The van der Waals surface area contributed by atoms with Crippen LogP contribution in [0.1, 0.15) is 11.1 Å². The molecule has 0 saturated carbocycles.